The summed E-state index contributed by atoms with van der Waals surface area (Å²) in [6.45, 7) is 2.64. The fraction of sp³-hybridized carbons (Fsp3) is 0.296. The van der Waals surface area contributed by atoms with Gasteiger partial charge < -0.3 is 29.0 Å². The smallest absolute Gasteiger partial charge is 0.337 e. The van der Waals surface area contributed by atoms with Crippen molar-refractivity contribution >= 4 is 17.6 Å². The molecule has 1 saturated heterocycles. The number of nitro benzene ring substituents is 1. The van der Waals surface area contributed by atoms with Crippen LogP contribution in [0, 0.1) is 21.4 Å². The maximum absolute atomic E-state index is 13.3. The van der Waals surface area contributed by atoms with Crippen molar-refractivity contribution in [1.82, 2.24) is 5.32 Å². The SMILES string of the molecule is COC(=O)C1=C(C#N)NC(C)=C(C(=O)OCCOc2ccc(OCC3CO3)cc2)C1c1cccc([N+](=O)[O-])c1. The predicted octanol–water partition coefficient (Wildman–Crippen LogP) is 2.91. The fourth-order valence-electron chi connectivity index (χ4n) is 4.02. The molecule has 0 aromatic heterocycles. The molecule has 12 heteroatoms. The van der Waals surface area contributed by atoms with Gasteiger partial charge in [0.2, 0.25) is 0 Å². The predicted molar refractivity (Wildman–Crippen MR) is 134 cm³/mol. The highest BCUT2D eigenvalue weighted by molar-refractivity contribution is 6.00. The zero-order valence-corrected chi connectivity index (χ0v) is 21.2. The van der Waals surface area contributed by atoms with Gasteiger partial charge in [-0.25, -0.2) is 9.59 Å². The van der Waals surface area contributed by atoms with E-state index in [1.54, 1.807) is 31.2 Å². The summed E-state index contributed by atoms with van der Waals surface area (Å²) in [5, 5.41) is 23.8. The van der Waals surface area contributed by atoms with Crippen molar-refractivity contribution in [3.8, 4) is 17.6 Å². The van der Waals surface area contributed by atoms with Crippen LogP contribution in [-0.2, 0) is 23.8 Å². The second kappa shape index (κ2) is 12.1. The van der Waals surface area contributed by atoms with E-state index in [0.29, 0.717) is 24.7 Å². The number of nitrogens with one attached hydrogen (secondary N) is 1. The number of nitro groups is 1. The molecule has 0 amide bonds. The molecular formula is C27H25N3O9. The second-order valence-corrected chi connectivity index (χ2v) is 8.56. The van der Waals surface area contributed by atoms with Gasteiger partial charge >= 0.3 is 11.9 Å². The molecule has 0 aliphatic carbocycles. The van der Waals surface area contributed by atoms with Gasteiger partial charge in [0.05, 0.1) is 35.7 Å². The summed E-state index contributed by atoms with van der Waals surface area (Å²) in [5.41, 5.74) is -0.0238. The van der Waals surface area contributed by atoms with Crippen LogP contribution in [0.1, 0.15) is 18.4 Å². The van der Waals surface area contributed by atoms with Crippen molar-refractivity contribution in [2.75, 3.05) is 33.5 Å². The van der Waals surface area contributed by atoms with Crippen molar-refractivity contribution in [2.45, 2.75) is 18.9 Å². The van der Waals surface area contributed by atoms with Crippen molar-refractivity contribution in [1.29, 1.82) is 5.26 Å². The van der Waals surface area contributed by atoms with Crippen LogP contribution in [0.25, 0.3) is 0 Å². The molecule has 2 aliphatic rings. The van der Waals surface area contributed by atoms with E-state index in [9.17, 15) is 25.0 Å². The fourth-order valence-corrected chi connectivity index (χ4v) is 4.02. The topological polar surface area (TPSA) is 163 Å². The first-order valence-corrected chi connectivity index (χ1v) is 11.9. The van der Waals surface area contributed by atoms with Crippen LogP contribution in [-0.4, -0.2) is 56.5 Å². The number of allylic oxidation sites excluding steroid dienone is 2. The van der Waals surface area contributed by atoms with E-state index in [4.69, 9.17) is 23.7 Å². The maximum Gasteiger partial charge on any atom is 0.337 e. The molecular weight excluding hydrogens is 510 g/mol. The molecule has 1 N–H and O–H groups in total. The van der Waals surface area contributed by atoms with E-state index in [1.807, 2.05) is 6.07 Å². The average Bonchev–Trinajstić information content (AvgIpc) is 3.78. The number of non-ortho nitro benzene ring substituents is 1. The Kier molecular flexibility index (Phi) is 8.43. The van der Waals surface area contributed by atoms with Gasteiger partial charge in [0.1, 0.15) is 49.2 Å². The summed E-state index contributed by atoms with van der Waals surface area (Å²) >= 11 is 0. The number of nitriles is 1. The summed E-state index contributed by atoms with van der Waals surface area (Å²) in [4.78, 5) is 36.8. The zero-order valence-electron chi connectivity index (χ0n) is 21.2. The number of carbonyl (C=O) groups is 2. The standard InChI is InChI=1S/C27H25N3O9/c1-16-23(27(32)37-11-10-36-19-6-8-20(9-7-19)38-14-21-15-39-21)24(17-4-3-5-18(12-17)30(33)34)25(26(31)35-2)22(13-28)29-16/h3-9,12,21,24,29H,10-11,14-15H2,1-2H3. The van der Waals surface area contributed by atoms with Crippen molar-refractivity contribution < 1.29 is 38.2 Å². The van der Waals surface area contributed by atoms with E-state index in [-0.39, 0.29) is 53.1 Å². The van der Waals surface area contributed by atoms with Crippen LogP contribution < -0.4 is 14.8 Å². The normalized spacial score (nSPS) is 18.0. The molecule has 2 aromatic rings. The Morgan fingerprint density at radius 1 is 1.10 bits per heavy atom. The van der Waals surface area contributed by atoms with Gasteiger partial charge in [-0.3, -0.25) is 10.1 Å². The lowest BCUT2D eigenvalue weighted by Crippen LogP contribution is -2.33. The Labute approximate surface area is 223 Å². The number of ether oxygens (including phenoxy) is 5. The molecule has 0 spiro atoms. The maximum atomic E-state index is 13.3. The summed E-state index contributed by atoms with van der Waals surface area (Å²) in [7, 11) is 1.13. The minimum Gasteiger partial charge on any atom is -0.491 e. The van der Waals surface area contributed by atoms with Gasteiger partial charge in [0, 0.05) is 17.8 Å². The number of hydrogen-bond donors (Lipinski definition) is 1. The third-order valence-electron chi connectivity index (χ3n) is 5.96. The number of benzene rings is 2. The summed E-state index contributed by atoms with van der Waals surface area (Å²) < 4.78 is 26.6. The van der Waals surface area contributed by atoms with E-state index in [0.717, 1.165) is 7.11 Å². The van der Waals surface area contributed by atoms with Crippen LogP contribution in [0.5, 0.6) is 11.5 Å². The highest BCUT2D eigenvalue weighted by atomic mass is 16.6. The van der Waals surface area contributed by atoms with Gasteiger partial charge in [-0.15, -0.1) is 0 Å². The summed E-state index contributed by atoms with van der Waals surface area (Å²) in [6, 6.07) is 14.3. The monoisotopic (exact) mass is 535 g/mol. The lowest BCUT2D eigenvalue weighted by atomic mass is 9.80. The van der Waals surface area contributed by atoms with Gasteiger partial charge in [0.15, 0.2) is 0 Å². The van der Waals surface area contributed by atoms with Crippen LogP contribution in [0.3, 0.4) is 0 Å². The second-order valence-electron chi connectivity index (χ2n) is 8.56. The van der Waals surface area contributed by atoms with E-state index in [2.05, 4.69) is 5.32 Å². The van der Waals surface area contributed by atoms with E-state index in [1.165, 1.54) is 24.3 Å². The molecule has 0 saturated carbocycles. The zero-order chi connectivity index (χ0) is 27.9. The third kappa shape index (κ3) is 6.52. The number of hydrogen-bond acceptors (Lipinski definition) is 11. The average molecular weight is 536 g/mol. The molecule has 2 heterocycles. The Morgan fingerprint density at radius 3 is 2.41 bits per heavy atom. The lowest BCUT2D eigenvalue weighted by molar-refractivity contribution is -0.384. The first-order valence-electron chi connectivity index (χ1n) is 11.9. The van der Waals surface area contributed by atoms with E-state index < -0.39 is 22.8 Å². The quantitative estimate of drug-likeness (QED) is 0.148. The molecule has 39 heavy (non-hydrogen) atoms. The number of epoxide rings is 1. The first kappa shape index (κ1) is 27.2. The molecule has 2 aromatic carbocycles. The molecule has 202 valence electrons. The van der Waals surface area contributed by atoms with Crippen LogP contribution >= 0.6 is 0 Å². The number of esters is 2. The van der Waals surface area contributed by atoms with Crippen LogP contribution in [0.15, 0.2) is 71.1 Å². The third-order valence-corrected chi connectivity index (χ3v) is 5.96. The molecule has 4 rings (SSSR count). The Bertz CT molecular complexity index is 1370. The largest absolute Gasteiger partial charge is 0.491 e. The highest BCUT2D eigenvalue weighted by Crippen LogP contribution is 2.40. The van der Waals surface area contributed by atoms with Crippen LogP contribution in [0.4, 0.5) is 5.69 Å². The molecule has 12 nitrogen and oxygen atoms in total. The van der Waals surface area contributed by atoms with Gasteiger partial charge in [-0.05, 0) is 36.8 Å². The number of carbonyl (C=O) groups excluding carboxylic acids is 2. The molecule has 2 unspecified atom stereocenters. The lowest BCUT2D eigenvalue weighted by Gasteiger charge is -2.29. The number of nitrogens with zero attached hydrogens (tertiary/aromatic N) is 2. The van der Waals surface area contributed by atoms with Crippen molar-refractivity contribution in [3.63, 3.8) is 0 Å². The summed E-state index contributed by atoms with van der Waals surface area (Å²) in [6.07, 6.45) is 0.149. The molecule has 2 atom stereocenters. The Balaban J connectivity index is 1.48. The van der Waals surface area contributed by atoms with Crippen LogP contribution in [0.2, 0.25) is 0 Å². The molecule has 1 fully saturated rings. The van der Waals surface area contributed by atoms with Gasteiger partial charge in [-0.2, -0.15) is 5.26 Å². The van der Waals surface area contributed by atoms with Crippen molar-refractivity contribution in [2.24, 2.45) is 0 Å². The highest BCUT2D eigenvalue weighted by Gasteiger charge is 2.39. The number of rotatable bonds is 11. The molecule has 0 bridgehead atoms. The Morgan fingerprint density at radius 2 is 1.79 bits per heavy atom. The van der Waals surface area contributed by atoms with Gasteiger partial charge in [-0.1, -0.05) is 12.1 Å². The molecule has 0 radical (unpaired) electrons. The number of methoxy groups -OCH3 is 1. The first-order chi connectivity index (χ1) is 18.8. The number of dihydropyridines is 1. The van der Waals surface area contributed by atoms with E-state index >= 15 is 0 Å². The summed E-state index contributed by atoms with van der Waals surface area (Å²) in [5.74, 6) is -1.58. The Hall–Kier alpha value is -4.89. The minimum absolute atomic E-state index is 0.0102. The van der Waals surface area contributed by atoms with Crippen molar-refractivity contribution in [3.05, 3.63) is 86.7 Å². The molecule has 2 aliphatic heterocycles. The van der Waals surface area contributed by atoms with Gasteiger partial charge in [0.25, 0.3) is 5.69 Å². The minimum atomic E-state index is -1.14.